The molecule has 7 rings (SSSR count). The van der Waals surface area contributed by atoms with Crippen LogP contribution in [0.15, 0.2) is 18.3 Å². The first kappa shape index (κ1) is 15.8. The van der Waals surface area contributed by atoms with Crippen LogP contribution in [0.1, 0.15) is 37.3 Å². The number of aromatic nitrogens is 4. The number of nitrogens with one attached hydrogen (secondary N) is 2. The highest BCUT2D eigenvalue weighted by Crippen LogP contribution is 2.53. The second kappa shape index (κ2) is 5.65. The van der Waals surface area contributed by atoms with Crippen molar-refractivity contribution in [2.45, 2.75) is 43.7 Å². The van der Waals surface area contributed by atoms with E-state index in [1.807, 2.05) is 12.3 Å². The first-order valence-corrected chi connectivity index (χ1v) is 9.98. The first-order chi connectivity index (χ1) is 13.2. The third-order valence-electron chi connectivity index (χ3n) is 6.55. The third-order valence-corrected chi connectivity index (χ3v) is 6.55. The Morgan fingerprint density at radius 2 is 2.11 bits per heavy atom. The molecular weight excluding hydrogens is 342 g/mol. The van der Waals surface area contributed by atoms with Gasteiger partial charge < -0.3 is 15.3 Å². The zero-order valence-electron chi connectivity index (χ0n) is 15.3. The summed E-state index contributed by atoms with van der Waals surface area (Å²) in [5.41, 5.74) is 1.57. The topological polar surface area (TPSA) is 93.2 Å². The van der Waals surface area contributed by atoms with Gasteiger partial charge in [0.25, 0.3) is 0 Å². The fourth-order valence-electron chi connectivity index (χ4n) is 5.03. The number of hydrogen-bond donors (Lipinski definition) is 3. The Hall–Kier alpha value is -2.19. The number of rotatable bonds is 6. The number of fused-ring (bicyclic) bond motifs is 1. The fraction of sp³-hybridized carbons (Fsp3) is 0.632. The van der Waals surface area contributed by atoms with E-state index in [9.17, 15) is 5.11 Å². The number of β-amino-alcohol motifs (C(OH)–C–C–N with tert-alkyl or cyclic N) is 1. The predicted octanol–water partition coefficient (Wildman–Crippen LogP) is 1.47. The van der Waals surface area contributed by atoms with E-state index in [4.69, 9.17) is 4.98 Å². The van der Waals surface area contributed by atoms with Crippen molar-refractivity contribution in [2.75, 3.05) is 36.4 Å². The van der Waals surface area contributed by atoms with Crippen molar-refractivity contribution in [3.8, 4) is 0 Å². The van der Waals surface area contributed by atoms with Crippen LogP contribution in [0.5, 0.6) is 0 Å². The summed E-state index contributed by atoms with van der Waals surface area (Å²) >= 11 is 0. The molecule has 2 bridgehead atoms. The Labute approximate surface area is 158 Å². The Morgan fingerprint density at radius 3 is 2.89 bits per heavy atom. The van der Waals surface area contributed by atoms with Crippen LogP contribution in [0.2, 0.25) is 0 Å². The molecule has 2 aromatic heterocycles. The zero-order valence-corrected chi connectivity index (χ0v) is 15.3. The van der Waals surface area contributed by atoms with Crippen LogP contribution in [-0.4, -0.2) is 68.5 Å². The van der Waals surface area contributed by atoms with E-state index in [1.54, 1.807) is 0 Å². The maximum atomic E-state index is 9.52. The molecule has 8 heteroatoms. The quantitative estimate of drug-likeness (QED) is 0.712. The first-order valence-electron chi connectivity index (χ1n) is 9.98. The average Bonchev–Trinajstić information content (AvgIpc) is 3.09. The van der Waals surface area contributed by atoms with Crippen molar-refractivity contribution >= 4 is 17.6 Å². The lowest BCUT2D eigenvalue weighted by Gasteiger charge is -2.45. The van der Waals surface area contributed by atoms with Gasteiger partial charge in [0.2, 0.25) is 5.95 Å². The molecule has 2 aromatic rings. The smallest absolute Gasteiger partial charge is 0.227 e. The molecule has 3 aliphatic heterocycles. The summed E-state index contributed by atoms with van der Waals surface area (Å²) in [6.45, 7) is 3.76. The largest absolute Gasteiger partial charge is 0.390 e. The van der Waals surface area contributed by atoms with Gasteiger partial charge in [-0.05, 0) is 31.7 Å². The van der Waals surface area contributed by atoms with E-state index < -0.39 is 0 Å². The van der Waals surface area contributed by atoms with Crippen molar-refractivity contribution in [1.82, 2.24) is 25.1 Å². The SMILES string of the molecule is OC1CN(CC23CC(C2)N(c2nccc(Nc4cc(C5CC5)[nH]n4)n2)C3)C1. The van der Waals surface area contributed by atoms with Gasteiger partial charge in [-0.3, -0.25) is 10.00 Å². The molecule has 0 atom stereocenters. The summed E-state index contributed by atoms with van der Waals surface area (Å²) in [6, 6.07) is 4.54. The second-order valence-electron chi connectivity index (χ2n) is 8.89. The Balaban J connectivity index is 1.14. The summed E-state index contributed by atoms with van der Waals surface area (Å²) in [4.78, 5) is 14.0. The van der Waals surface area contributed by atoms with Gasteiger partial charge in [0, 0.05) is 61.5 Å². The summed E-state index contributed by atoms with van der Waals surface area (Å²) in [6.07, 6.45) is 6.65. The summed E-state index contributed by atoms with van der Waals surface area (Å²) in [5.74, 6) is 3.08. The molecule has 5 aliphatic rings. The lowest BCUT2D eigenvalue weighted by atomic mass is 9.69. The summed E-state index contributed by atoms with van der Waals surface area (Å²) < 4.78 is 0. The zero-order chi connectivity index (χ0) is 18.0. The molecule has 3 saturated heterocycles. The highest BCUT2D eigenvalue weighted by Gasteiger charge is 2.56. The van der Waals surface area contributed by atoms with Crippen molar-refractivity contribution in [3.05, 3.63) is 24.0 Å². The molecule has 0 amide bonds. The minimum absolute atomic E-state index is 0.122. The van der Waals surface area contributed by atoms with Gasteiger partial charge in [-0.2, -0.15) is 10.1 Å². The Bertz CT molecular complexity index is 851. The summed E-state index contributed by atoms with van der Waals surface area (Å²) in [7, 11) is 0. The van der Waals surface area contributed by atoms with Crippen LogP contribution in [0.3, 0.4) is 0 Å². The van der Waals surface area contributed by atoms with Crippen molar-refractivity contribution in [2.24, 2.45) is 5.41 Å². The van der Waals surface area contributed by atoms with E-state index in [1.165, 1.54) is 31.4 Å². The molecule has 8 nitrogen and oxygen atoms in total. The van der Waals surface area contributed by atoms with E-state index >= 15 is 0 Å². The molecule has 142 valence electrons. The number of aliphatic hydroxyl groups is 1. The standard InChI is InChI=1S/C19H25N7O/c27-14-8-25(9-14)10-19-6-13(7-19)26(11-19)18-20-4-3-16(22-18)21-17-5-15(23-24-17)12-1-2-12/h3-5,12-14,27H,1-2,6-11H2,(H2,20,21,22,23,24). The van der Waals surface area contributed by atoms with E-state index in [0.29, 0.717) is 17.4 Å². The molecule has 5 heterocycles. The fourth-order valence-corrected chi connectivity index (χ4v) is 5.03. The minimum Gasteiger partial charge on any atom is -0.390 e. The average molecular weight is 367 g/mol. The maximum Gasteiger partial charge on any atom is 0.227 e. The predicted molar refractivity (Wildman–Crippen MR) is 101 cm³/mol. The molecular formula is C19H25N7O. The molecule has 0 spiro atoms. The van der Waals surface area contributed by atoms with E-state index in [2.05, 4.69) is 36.4 Å². The van der Waals surface area contributed by atoms with E-state index in [0.717, 1.165) is 43.8 Å². The number of hydrogen-bond acceptors (Lipinski definition) is 7. The maximum absolute atomic E-state index is 9.52. The van der Waals surface area contributed by atoms with Crippen molar-refractivity contribution in [1.29, 1.82) is 0 Å². The third kappa shape index (κ3) is 2.78. The van der Waals surface area contributed by atoms with Crippen molar-refractivity contribution < 1.29 is 5.11 Å². The molecule has 0 radical (unpaired) electrons. The molecule has 2 saturated carbocycles. The Kier molecular flexibility index (Phi) is 3.31. The lowest BCUT2D eigenvalue weighted by molar-refractivity contribution is -0.0296. The lowest BCUT2D eigenvalue weighted by Crippen LogP contribution is -2.56. The molecule has 0 unspecified atom stereocenters. The number of likely N-dealkylation sites (tertiary alicyclic amines) is 1. The van der Waals surface area contributed by atoms with Crippen LogP contribution in [0.4, 0.5) is 17.6 Å². The molecule has 3 N–H and O–H groups in total. The minimum atomic E-state index is -0.122. The van der Waals surface area contributed by atoms with Crippen LogP contribution < -0.4 is 10.2 Å². The van der Waals surface area contributed by atoms with Gasteiger partial charge in [0.05, 0.1) is 6.10 Å². The number of nitrogens with zero attached hydrogens (tertiary/aromatic N) is 5. The highest BCUT2D eigenvalue weighted by molar-refractivity contribution is 5.54. The Morgan fingerprint density at radius 1 is 1.26 bits per heavy atom. The molecule has 2 aliphatic carbocycles. The van der Waals surface area contributed by atoms with Gasteiger partial charge in [0.1, 0.15) is 5.82 Å². The van der Waals surface area contributed by atoms with Gasteiger partial charge in [0.15, 0.2) is 5.82 Å². The van der Waals surface area contributed by atoms with Gasteiger partial charge in [-0.1, -0.05) is 0 Å². The number of H-pyrrole nitrogens is 1. The van der Waals surface area contributed by atoms with Gasteiger partial charge in [-0.15, -0.1) is 0 Å². The van der Waals surface area contributed by atoms with Gasteiger partial charge >= 0.3 is 0 Å². The van der Waals surface area contributed by atoms with Crippen LogP contribution in [0, 0.1) is 5.41 Å². The van der Waals surface area contributed by atoms with Gasteiger partial charge in [-0.25, -0.2) is 4.98 Å². The van der Waals surface area contributed by atoms with Crippen molar-refractivity contribution in [3.63, 3.8) is 0 Å². The van der Waals surface area contributed by atoms with E-state index in [-0.39, 0.29) is 6.10 Å². The monoisotopic (exact) mass is 367 g/mol. The summed E-state index contributed by atoms with van der Waals surface area (Å²) in [5, 5.41) is 20.3. The molecule has 5 fully saturated rings. The highest BCUT2D eigenvalue weighted by atomic mass is 16.3. The molecule has 0 aromatic carbocycles. The van der Waals surface area contributed by atoms with Crippen LogP contribution in [0.25, 0.3) is 0 Å². The van der Waals surface area contributed by atoms with Crippen LogP contribution >= 0.6 is 0 Å². The van der Waals surface area contributed by atoms with Crippen LogP contribution in [-0.2, 0) is 0 Å². The second-order valence-corrected chi connectivity index (χ2v) is 8.89. The number of aromatic amines is 1. The number of aliphatic hydroxyl groups excluding tert-OH is 1. The number of anilines is 3. The molecule has 27 heavy (non-hydrogen) atoms. The normalized spacial score (nSPS) is 30.3.